The van der Waals surface area contributed by atoms with E-state index in [4.69, 9.17) is 5.11 Å². The van der Waals surface area contributed by atoms with E-state index in [1.54, 1.807) is 19.1 Å². The molecule has 0 bridgehead atoms. The molecule has 92 valence electrons. The van der Waals surface area contributed by atoms with Crippen LogP contribution in [0.1, 0.15) is 23.0 Å². The van der Waals surface area contributed by atoms with Crippen LogP contribution in [0, 0.1) is 6.92 Å². The van der Waals surface area contributed by atoms with Gasteiger partial charge in [-0.1, -0.05) is 6.07 Å². The van der Waals surface area contributed by atoms with Gasteiger partial charge in [0.05, 0.1) is 6.54 Å². The van der Waals surface area contributed by atoms with Crippen LogP contribution in [0.25, 0.3) is 0 Å². The van der Waals surface area contributed by atoms with Crippen molar-refractivity contribution in [1.82, 2.24) is 10.3 Å². The highest BCUT2D eigenvalue weighted by Gasteiger charge is 2.30. The predicted octanol–water partition coefficient (Wildman–Crippen LogP) is -0.0446. The van der Waals surface area contributed by atoms with Gasteiger partial charge in [0.2, 0.25) is 0 Å². The van der Waals surface area contributed by atoms with Gasteiger partial charge in [-0.3, -0.25) is 9.78 Å². The van der Waals surface area contributed by atoms with E-state index in [0.29, 0.717) is 5.56 Å². The van der Waals surface area contributed by atoms with Gasteiger partial charge in [-0.25, -0.2) is 4.79 Å². The van der Waals surface area contributed by atoms with E-state index in [1.807, 2.05) is 0 Å². The molecule has 0 aliphatic rings. The van der Waals surface area contributed by atoms with Crippen LogP contribution in [0.3, 0.4) is 0 Å². The molecule has 6 nitrogen and oxygen atoms in total. The Bertz CT molecular complexity index is 443. The summed E-state index contributed by atoms with van der Waals surface area (Å²) in [5, 5.41) is 20.4. The van der Waals surface area contributed by atoms with Crippen molar-refractivity contribution in [3.8, 4) is 0 Å². The van der Waals surface area contributed by atoms with Crippen molar-refractivity contribution < 1.29 is 19.8 Å². The van der Waals surface area contributed by atoms with Gasteiger partial charge in [-0.2, -0.15) is 0 Å². The van der Waals surface area contributed by atoms with Crippen LogP contribution in [0.5, 0.6) is 0 Å². The van der Waals surface area contributed by atoms with Gasteiger partial charge in [0.15, 0.2) is 5.60 Å². The van der Waals surface area contributed by atoms with Crippen molar-refractivity contribution in [2.75, 3.05) is 6.54 Å². The van der Waals surface area contributed by atoms with E-state index in [0.717, 1.165) is 6.92 Å². The molecule has 0 aromatic carbocycles. The number of carbonyl (C=O) groups excluding carboxylic acids is 1. The molecule has 1 unspecified atom stereocenters. The number of nitrogens with one attached hydrogen (secondary N) is 1. The summed E-state index contributed by atoms with van der Waals surface area (Å²) in [5.41, 5.74) is -1.09. The van der Waals surface area contributed by atoms with E-state index < -0.39 is 17.5 Å². The number of aliphatic hydroxyl groups is 1. The summed E-state index contributed by atoms with van der Waals surface area (Å²) < 4.78 is 0. The second kappa shape index (κ2) is 4.92. The summed E-state index contributed by atoms with van der Waals surface area (Å²) in [6.45, 7) is 2.45. The van der Waals surface area contributed by atoms with E-state index in [9.17, 15) is 14.7 Å². The second-order valence-corrected chi connectivity index (χ2v) is 3.93. The number of aryl methyl sites for hydroxylation is 1. The largest absolute Gasteiger partial charge is 0.479 e. The van der Waals surface area contributed by atoms with Crippen LogP contribution in [-0.4, -0.2) is 39.2 Å². The van der Waals surface area contributed by atoms with Gasteiger partial charge < -0.3 is 15.5 Å². The quantitative estimate of drug-likeness (QED) is 0.683. The van der Waals surface area contributed by atoms with E-state index in [-0.39, 0.29) is 12.2 Å². The summed E-state index contributed by atoms with van der Waals surface area (Å²) in [5.74, 6) is -1.90. The minimum absolute atomic E-state index is 0.216. The first-order valence-corrected chi connectivity index (χ1v) is 5.00. The third-order valence-corrected chi connectivity index (χ3v) is 2.28. The molecule has 1 atom stereocenters. The van der Waals surface area contributed by atoms with Crippen LogP contribution in [0.2, 0.25) is 0 Å². The molecule has 1 heterocycles. The fourth-order valence-corrected chi connectivity index (χ4v) is 1.14. The lowest BCUT2D eigenvalue weighted by Gasteiger charge is -2.18. The van der Waals surface area contributed by atoms with Gasteiger partial charge in [-0.15, -0.1) is 0 Å². The molecule has 0 saturated carbocycles. The molecule has 1 amide bonds. The Morgan fingerprint density at radius 1 is 1.53 bits per heavy atom. The summed E-state index contributed by atoms with van der Waals surface area (Å²) in [6.07, 6.45) is 1.47. The SMILES string of the molecule is Cc1cccnc1C(=O)NCC(C)(O)C(=O)O. The summed E-state index contributed by atoms with van der Waals surface area (Å²) >= 11 is 0. The lowest BCUT2D eigenvalue weighted by molar-refractivity contribution is -0.155. The Balaban J connectivity index is 2.69. The molecule has 6 heteroatoms. The Morgan fingerprint density at radius 2 is 2.18 bits per heavy atom. The van der Waals surface area contributed by atoms with Crippen molar-refractivity contribution in [1.29, 1.82) is 0 Å². The molecule has 0 spiro atoms. The smallest absolute Gasteiger partial charge is 0.337 e. The van der Waals surface area contributed by atoms with Crippen LogP contribution < -0.4 is 5.32 Å². The summed E-state index contributed by atoms with van der Waals surface area (Å²) in [4.78, 5) is 26.2. The predicted molar refractivity (Wildman–Crippen MR) is 59.6 cm³/mol. The molecule has 0 radical (unpaired) electrons. The molecule has 0 fully saturated rings. The maximum Gasteiger partial charge on any atom is 0.337 e. The van der Waals surface area contributed by atoms with E-state index in [2.05, 4.69) is 10.3 Å². The molecule has 1 aromatic rings. The van der Waals surface area contributed by atoms with Gasteiger partial charge in [-0.05, 0) is 25.5 Å². The first-order valence-electron chi connectivity index (χ1n) is 5.00. The molecule has 0 aliphatic carbocycles. The van der Waals surface area contributed by atoms with Gasteiger partial charge >= 0.3 is 5.97 Å². The van der Waals surface area contributed by atoms with Crippen molar-refractivity contribution >= 4 is 11.9 Å². The lowest BCUT2D eigenvalue weighted by Crippen LogP contribution is -2.46. The van der Waals surface area contributed by atoms with E-state index >= 15 is 0 Å². The van der Waals surface area contributed by atoms with Crippen molar-refractivity contribution in [3.63, 3.8) is 0 Å². The van der Waals surface area contributed by atoms with Crippen molar-refractivity contribution in [3.05, 3.63) is 29.6 Å². The third-order valence-electron chi connectivity index (χ3n) is 2.28. The van der Waals surface area contributed by atoms with Crippen LogP contribution in [0.4, 0.5) is 0 Å². The number of carboxylic acids is 1. The number of amides is 1. The molecule has 17 heavy (non-hydrogen) atoms. The molecule has 1 aromatic heterocycles. The average Bonchev–Trinajstić information content (AvgIpc) is 2.26. The van der Waals surface area contributed by atoms with E-state index in [1.165, 1.54) is 6.20 Å². The molecule has 0 saturated heterocycles. The number of carbonyl (C=O) groups is 2. The van der Waals surface area contributed by atoms with Gasteiger partial charge in [0.1, 0.15) is 5.69 Å². The van der Waals surface area contributed by atoms with Crippen LogP contribution in [-0.2, 0) is 4.79 Å². The van der Waals surface area contributed by atoms with Gasteiger partial charge in [0, 0.05) is 6.20 Å². The summed E-state index contributed by atoms with van der Waals surface area (Å²) in [6, 6.07) is 3.41. The van der Waals surface area contributed by atoms with Crippen LogP contribution in [0.15, 0.2) is 18.3 Å². The maximum atomic E-state index is 11.7. The minimum Gasteiger partial charge on any atom is -0.479 e. The topological polar surface area (TPSA) is 99.5 Å². The number of hydrogen-bond acceptors (Lipinski definition) is 4. The highest BCUT2D eigenvalue weighted by atomic mass is 16.4. The Hall–Kier alpha value is -1.95. The Morgan fingerprint density at radius 3 is 2.71 bits per heavy atom. The highest BCUT2D eigenvalue weighted by molar-refractivity contribution is 5.94. The fraction of sp³-hybridized carbons (Fsp3) is 0.364. The minimum atomic E-state index is -1.99. The number of aliphatic carboxylic acids is 1. The van der Waals surface area contributed by atoms with Gasteiger partial charge in [0.25, 0.3) is 5.91 Å². The number of pyridine rings is 1. The monoisotopic (exact) mass is 238 g/mol. The zero-order valence-corrected chi connectivity index (χ0v) is 9.60. The number of nitrogens with zero attached hydrogens (tertiary/aromatic N) is 1. The second-order valence-electron chi connectivity index (χ2n) is 3.93. The summed E-state index contributed by atoms with van der Waals surface area (Å²) in [7, 11) is 0. The number of carboxylic acid groups (broad SMARTS) is 1. The third kappa shape index (κ3) is 3.25. The normalized spacial score (nSPS) is 13.8. The lowest BCUT2D eigenvalue weighted by atomic mass is 10.1. The maximum absolute atomic E-state index is 11.7. The first-order chi connectivity index (χ1) is 7.84. The van der Waals surface area contributed by atoms with Crippen LogP contribution >= 0.6 is 0 Å². The molecule has 1 rings (SSSR count). The average molecular weight is 238 g/mol. The van der Waals surface area contributed by atoms with Crippen molar-refractivity contribution in [2.24, 2.45) is 0 Å². The number of hydrogen-bond donors (Lipinski definition) is 3. The molecular weight excluding hydrogens is 224 g/mol. The Labute approximate surface area is 98.3 Å². The Kier molecular flexibility index (Phi) is 3.80. The standard InChI is InChI=1S/C11H14N2O4/c1-7-4-3-5-12-8(7)9(14)13-6-11(2,17)10(15)16/h3-5,17H,6H2,1-2H3,(H,13,14)(H,15,16). The molecule has 0 aliphatic heterocycles. The first kappa shape index (κ1) is 13.1. The van der Waals surface area contributed by atoms with Crippen molar-refractivity contribution in [2.45, 2.75) is 19.4 Å². The number of rotatable bonds is 4. The fourth-order valence-electron chi connectivity index (χ4n) is 1.14. The molecule has 3 N–H and O–H groups in total. The molecular formula is C11H14N2O4. The zero-order chi connectivity index (χ0) is 13.1. The number of aromatic nitrogens is 1. The highest BCUT2D eigenvalue weighted by Crippen LogP contribution is 2.05. The zero-order valence-electron chi connectivity index (χ0n) is 9.60.